The largest absolute Gasteiger partial charge is 0.466 e. The van der Waals surface area contributed by atoms with Gasteiger partial charge in [-0.2, -0.15) is 0 Å². The van der Waals surface area contributed by atoms with Crippen LogP contribution in [0.5, 0.6) is 0 Å². The van der Waals surface area contributed by atoms with Crippen LogP contribution < -0.4 is 5.32 Å². The van der Waals surface area contributed by atoms with E-state index in [1.165, 1.54) is 13.2 Å². The first-order valence-corrected chi connectivity index (χ1v) is 8.02. The van der Waals surface area contributed by atoms with Crippen molar-refractivity contribution < 1.29 is 18.3 Å². The lowest BCUT2D eigenvalue weighted by Crippen LogP contribution is -2.45. The number of ether oxygens (including phenoxy) is 1. The zero-order valence-electron chi connectivity index (χ0n) is 14.0. The average Bonchev–Trinajstić information content (AvgIpc) is 3.09. The third-order valence-electron chi connectivity index (χ3n) is 4.21. The molecule has 5 nitrogen and oxygen atoms in total. The number of carbonyl (C=O) groups is 1. The number of halogens is 1. The lowest BCUT2D eigenvalue weighted by Gasteiger charge is -2.34. The summed E-state index contributed by atoms with van der Waals surface area (Å²) in [5, 5.41) is 3.53. The Bertz CT molecular complexity index is 875. The second-order valence-electron chi connectivity index (χ2n) is 5.61. The molecule has 130 valence electrons. The molecule has 0 saturated heterocycles. The van der Waals surface area contributed by atoms with Gasteiger partial charge in [-0.05, 0) is 43.4 Å². The van der Waals surface area contributed by atoms with Gasteiger partial charge in [-0.1, -0.05) is 12.1 Å². The Kier molecular flexibility index (Phi) is 4.59. The van der Waals surface area contributed by atoms with Gasteiger partial charge < -0.3 is 19.4 Å². The van der Waals surface area contributed by atoms with Gasteiger partial charge in [0.1, 0.15) is 23.4 Å². The van der Waals surface area contributed by atoms with Gasteiger partial charge in [0.15, 0.2) is 5.11 Å². The molecule has 0 amide bonds. The molecule has 1 atom stereocenters. The Morgan fingerprint density at radius 3 is 2.72 bits per heavy atom. The Morgan fingerprint density at radius 2 is 2.04 bits per heavy atom. The van der Waals surface area contributed by atoms with Crippen molar-refractivity contribution in [2.24, 2.45) is 0 Å². The predicted octanol–water partition coefficient (Wildman–Crippen LogP) is 3.39. The number of allylic oxidation sites excluding steroid dienone is 1. The van der Waals surface area contributed by atoms with E-state index in [2.05, 4.69) is 5.32 Å². The zero-order chi connectivity index (χ0) is 18.1. The normalized spacial score (nSPS) is 17.5. The maximum Gasteiger partial charge on any atom is 0.338 e. The fraction of sp³-hybridized carbons (Fsp3) is 0.222. The van der Waals surface area contributed by atoms with Crippen LogP contribution in [0.2, 0.25) is 0 Å². The molecular formula is C18H17FN2O3S. The lowest BCUT2D eigenvalue weighted by atomic mass is 10.0. The van der Waals surface area contributed by atoms with Crippen LogP contribution in [-0.4, -0.2) is 30.1 Å². The minimum atomic E-state index is -0.600. The fourth-order valence-electron chi connectivity index (χ4n) is 2.74. The number of hydrogen-bond donors (Lipinski definition) is 1. The van der Waals surface area contributed by atoms with Crippen LogP contribution >= 0.6 is 12.2 Å². The van der Waals surface area contributed by atoms with Crippen molar-refractivity contribution in [3.63, 3.8) is 0 Å². The van der Waals surface area contributed by atoms with Crippen LogP contribution in [0, 0.1) is 5.82 Å². The van der Waals surface area contributed by atoms with Crippen molar-refractivity contribution >= 4 is 23.3 Å². The summed E-state index contributed by atoms with van der Waals surface area (Å²) in [6.45, 7) is 1.78. The van der Waals surface area contributed by atoms with Crippen molar-refractivity contribution in [3.8, 4) is 11.3 Å². The van der Waals surface area contributed by atoms with Crippen LogP contribution in [0.4, 0.5) is 4.39 Å². The van der Waals surface area contributed by atoms with E-state index in [9.17, 15) is 9.18 Å². The van der Waals surface area contributed by atoms with Crippen LogP contribution in [-0.2, 0) is 9.53 Å². The monoisotopic (exact) mass is 360 g/mol. The number of furan rings is 1. The highest BCUT2D eigenvalue weighted by atomic mass is 32.1. The maximum atomic E-state index is 14.0. The number of benzene rings is 1. The number of rotatable bonds is 3. The van der Waals surface area contributed by atoms with E-state index < -0.39 is 12.0 Å². The Hall–Kier alpha value is -2.67. The Morgan fingerprint density at radius 1 is 1.32 bits per heavy atom. The summed E-state index contributed by atoms with van der Waals surface area (Å²) in [4.78, 5) is 13.9. The molecule has 0 saturated carbocycles. The molecule has 0 unspecified atom stereocenters. The standard InChI is InChI=1S/C18H17FN2O3S/c1-10-15(17(22)23-3)16(20-18(25)21(10)2)14-9-8-13(24-14)11-6-4-5-7-12(11)19/h4-9,16H,1-3H3,(H,20,25)/t16-/m0/s1. The quantitative estimate of drug-likeness (QED) is 0.669. The van der Waals surface area contributed by atoms with Crippen LogP contribution in [0.1, 0.15) is 18.7 Å². The third kappa shape index (κ3) is 3.02. The minimum absolute atomic E-state index is 0.351. The number of nitrogens with zero attached hydrogens (tertiary/aromatic N) is 1. The number of carbonyl (C=O) groups excluding carboxylic acids is 1. The highest BCUT2D eigenvalue weighted by Crippen LogP contribution is 2.34. The van der Waals surface area contributed by atoms with E-state index in [1.807, 2.05) is 0 Å². The highest BCUT2D eigenvalue weighted by Gasteiger charge is 2.35. The molecule has 0 fully saturated rings. The van der Waals surface area contributed by atoms with Gasteiger partial charge in [-0.25, -0.2) is 9.18 Å². The number of nitrogens with one attached hydrogen (secondary N) is 1. The molecular weight excluding hydrogens is 343 g/mol. The van der Waals surface area contributed by atoms with Crippen molar-refractivity contribution in [3.05, 3.63) is 59.2 Å². The van der Waals surface area contributed by atoms with Crippen molar-refractivity contribution in [2.45, 2.75) is 13.0 Å². The molecule has 3 rings (SSSR count). The van der Waals surface area contributed by atoms with E-state index in [0.717, 1.165) is 0 Å². The minimum Gasteiger partial charge on any atom is -0.466 e. The first kappa shape index (κ1) is 17.2. The van der Waals surface area contributed by atoms with Gasteiger partial charge in [0.25, 0.3) is 0 Å². The maximum absolute atomic E-state index is 14.0. The Labute approximate surface area is 150 Å². The SMILES string of the molecule is COC(=O)C1=C(C)N(C)C(=S)N[C@H]1c1ccc(-c2ccccc2F)o1. The van der Waals surface area contributed by atoms with E-state index in [1.54, 1.807) is 49.2 Å². The lowest BCUT2D eigenvalue weighted by molar-refractivity contribution is -0.136. The number of hydrogen-bond acceptors (Lipinski definition) is 4. The molecule has 7 heteroatoms. The van der Waals surface area contributed by atoms with Gasteiger partial charge in [0.05, 0.1) is 18.2 Å². The fourth-order valence-corrected chi connectivity index (χ4v) is 2.99. The van der Waals surface area contributed by atoms with E-state index in [0.29, 0.717) is 33.5 Å². The van der Waals surface area contributed by atoms with Crippen molar-refractivity contribution in [1.82, 2.24) is 10.2 Å². The predicted molar refractivity (Wildman–Crippen MR) is 95.1 cm³/mol. The molecule has 1 aliphatic heterocycles. The van der Waals surface area contributed by atoms with Gasteiger partial charge in [-0.15, -0.1) is 0 Å². The van der Waals surface area contributed by atoms with E-state index in [-0.39, 0.29) is 5.82 Å². The highest BCUT2D eigenvalue weighted by molar-refractivity contribution is 7.80. The summed E-state index contributed by atoms with van der Waals surface area (Å²) in [6, 6.07) is 9.10. The van der Waals surface area contributed by atoms with Gasteiger partial charge in [0, 0.05) is 12.7 Å². The second-order valence-corrected chi connectivity index (χ2v) is 6.00. The van der Waals surface area contributed by atoms with Crippen LogP contribution in [0.3, 0.4) is 0 Å². The van der Waals surface area contributed by atoms with E-state index in [4.69, 9.17) is 21.4 Å². The molecule has 1 aliphatic rings. The molecule has 25 heavy (non-hydrogen) atoms. The molecule has 0 aliphatic carbocycles. The summed E-state index contributed by atoms with van der Waals surface area (Å²) < 4.78 is 24.7. The average molecular weight is 360 g/mol. The van der Waals surface area contributed by atoms with Crippen molar-refractivity contribution in [2.75, 3.05) is 14.2 Å². The molecule has 0 radical (unpaired) electrons. The van der Waals surface area contributed by atoms with E-state index >= 15 is 0 Å². The molecule has 0 spiro atoms. The van der Waals surface area contributed by atoms with Gasteiger partial charge in [-0.3, -0.25) is 0 Å². The molecule has 1 N–H and O–H groups in total. The summed E-state index contributed by atoms with van der Waals surface area (Å²) in [6.07, 6.45) is 0. The Balaban J connectivity index is 2.05. The summed E-state index contributed by atoms with van der Waals surface area (Å²) in [5.41, 5.74) is 1.42. The zero-order valence-corrected chi connectivity index (χ0v) is 14.8. The molecule has 0 bridgehead atoms. The topological polar surface area (TPSA) is 54.7 Å². The van der Waals surface area contributed by atoms with Crippen molar-refractivity contribution in [1.29, 1.82) is 0 Å². The molecule has 2 aromatic rings. The molecule has 1 aromatic heterocycles. The molecule has 2 heterocycles. The smallest absolute Gasteiger partial charge is 0.338 e. The first-order valence-electron chi connectivity index (χ1n) is 7.62. The second kappa shape index (κ2) is 6.68. The molecule has 1 aromatic carbocycles. The van der Waals surface area contributed by atoms with Crippen LogP contribution in [0.25, 0.3) is 11.3 Å². The summed E-state index contributed by atoms with van der Waals surface area (Å²) >= 11 is 5.31. The van der Waals surface area contributed by atoms with Gasteiger partial charge >= 0.3 is 5.97 Å². The summed E-state index contributed by atoms with van der Waals surface area (Å²) in [5.74, 6) is -0.0292. The first-order chi connectivity index (χ1) is 11.9. The third-order valence-corrected chi connectivity index (χ3v) is 4.60. The van der Waals surface area contributed by atoms with Crippen LogP contribution in [0.15, 0.2) is 52.1 Å². The summed E-state index contributed by atoms with van der Waals surface area (Å²) in [7, 11) is 3.08. The number of thiocarbonyl (C=S) groups is 1. The number of methoxy groups -OCH3 is 1. The number of esters is 1. The van der Waals surface area contributed by atoms with Gasteiger partial charge in [0.2, 0.25) is 0 Å².